The van der Waals surface area contributed by atoms with Crippen molar-refractivity contribution in [2.24, 2.45) is 11.8 Å². The highest BCUT2D eigenvalue weighted by atomic mass is 32.2. The fourth-order valence-electron chi connectivity index (χ4n) is 6.92. The molecule has 2 saturated heterocycles. The molecule has 2 fully saturated rings. The molecule has 198 valence electrons. The van der Waals surface area contributed by atoms with Crippen molar-refractivity contribution in [2.45, 2.75) is 31.3 Å². The number of piperidine rings is 1. The van der Waals surface area contributed by atoms with Crippen molar-refractivity contribution in [1.82, 2.24) is 13.8 Å². The fourth-order valence-corrected chi connectivity index (χ4v) is 7.74. The third kappa shape index (κ3) is 4.12. The van der Waals surface area contributed by atoms with E-state index in [1.807, 2.05) is 16.7 Å². The number of fused-ring (bicyclic) bond motifs is 8. The first kappa shape index (κ1) is 24.4. The Morgan fingerprint density at radius 3 is 2.57 bits per heavy atom. The summed E-state index contributed by atoms with van der Waals surface area (Å²) in [5.41, 5.74) is 2.86. The number of piperazine rings is 1. The Bertz CT molecular complexity index is 1400. The van der Waals surface area contributed by atoms with Gasteiger partial charge in [0.25, 0.3) is 5.56 Å². The number of pyridine rings is 1. The van der Waals surface area contributed by atoms with Crippen molar-refractivity contribution in [1.29, 1.82) is 0 Å². The second-order valence-corrected chi connectivity index (χ2v) is 12.6. The van der Waals surface area contributed by atoms with Gasteiger partial charge in [-0.3, -0.25) is 14.8 Å². The lowest BCUT2D eigenvalue weighted by molar-refractivity contribution is -0.138. The number of carbonyl (C=O) groups excluding carboxylic acids is 1. The number of anilines is 2. The number of rotatable bonds is 3. The van der Waals surface area contributed by atoms with Crippen molar-refractivity contribution < 1.29 is 18.4 Å². The van der Waals surface area contributed by atoms with Gasteiger partial charge in [0.1, 0.15) is 0 Å². The van der Waals surface area contributed by atoms with Gasteiger partial charge in [0.15, 0.2) is 0 Å². The van der Waals surface area contributed by atoms with Crippen LogP contribution in [0.2, 0.25) is 0 Å². The maximum absolute atomic E-state index is 14.0. The number of hydrogen-bond donors (Lipinski definition) is 1. The zero-order valence-electron chi connectivity index (χ0n) is 20.6. The molecule has 2 bridgehead atoms. The highest BCUT2D eigenvalue weighted by Gasteiger charge is 2.50. The minimum absolute atomic E-state index is 0.0280. The van der Waals surface area contributed by atoms with E-state index in [2.05, 4.69) is 4.90 Å². The summed E-state index contributed by atoms with van der Waals surface area (Å²) in [6, 6.07) is 10.3. The number of amides is 1. The first-order valence-electron chi connectivity index (χ1n) is 12.6. The Morgan fingerprint density at radius 1 is 1.11 bits per heavy atom. The first-order chi connectivity index (χ1) is 17.6. The van der Waals surface area contributed by atoms with Gasteiger partial charge in [0, 0.05) is 68.7 Å². The standard InChI is InChI=1S/C25H30N5O6S/c1-37(35,36)27-9-7-26(8-10-27)25(32)20-13-16-12-19(30(33)34)5-6-22(16)29-14-17-11-18(24(20)29)15-28-21(17)3-2-4-23(28)31/h2-6,12,17-18,20,24,33H,7-11,13-15H2,1H3/q-1/t17?,18?,20-,24+/m1/s1. The number of carbonyl (C=O) groups is 1. The van der Waals surface area contributed by atoms with E-state index < -0.39 is 15.9 Å². The van der Waals surface area contributed by atoms with Crippen LogP contribution in [-0.2, 0) is 27.8 Å². The van der Waals surface area contributed by atoms with Crippen LogP contribution in [0.25, 0.3) is 0 Å². The number of aromatic nitrogens is 1. The van der Waals surface area contributed by atoms with Crippen LogP contribution in [0.5, 0.6) is 0 Å². The maximum Gasteiger partial charge on any atom is 0.250 e. The molecule has 1 N–H and O–H groups in total. The van der Waals surface area contributed by atoms with Crippen LogP contribution in [0, 0.1) is 17.0 Å². The van der Waals surface area contributed by atoms with E-state index in [0.717, 1.165) is 23.4 Å². The summed E-state index contributed by atoms with van der Waals surface area (Å²) in [6.07, 6.45) is 2.47. The highest BCUT2D eigenvalue weighted by Crippen LogP contribution is 2.48. The average Bonchev–Trinajstić information content (AvgIpc) is 2.87. The summed E-state index contributed by atoms with van der Waals surface area (Å²) < 4.78 is 27.2. The van der Waals surface area contributed by atoms with Crippen LogP contribution in [-0.4, -0.2) is 78.3 Å². The topological polar surface area (TPSA) is 129 Å². The monoisotopic (exact) mass is 528 g/mol. The Kier molecular flexibility index (Phi) is 5.82. The van der Waals surface area contributed by atoms with Crippen molar-refractivity contribution in [3.8, 4) is 0 Å². The smallest absolute Gasteiger partial charge is 0.250 e. The molecule has 5 heterocycles. The maximum atomic E-state index is 14.0. The van der Waals surface area contributed by atoms with E-state index in [1.165, 1.54) is 10.6 Å². The molecule has 37 heavy (non-hydrogen) atoms. The predicted molar refractivity (Wildman–Crippen MR) is 137 cm³/mol. The van der Waals surface area contributed by atoms with Crippen LogP contribution in [0.1, 0.15) is 23.6 Å². The molecule has 0 spiro atoms. The molecule has 11 nitrogen and oxygen atoms in total. The van der Waals surface area contributed by atoms with Gasteiger partial charge in [-0.25, -0.2) is 8.42 Å². The van der Waals surface area contributed by atoms with Crippen LogP contribution in [0.3, 0.4) is 0 Å². The summed E-state index contributed by atoms with van der Waals surface area (Å²) >= 11 is 0. The number of benzene rings is 1. The molecule has 4 aliphatic heterocycles. The van der Waals surface area contributed by atoms with E-state index in [4.69, 9.17) is 0 Å². The minimum atomic E-state index is -3.32. The summed E-state index contributed by atoms with van der Waals surface area (Å²) in [5, 5.41) is 20.9. The molecule has 4 aliphatic rings. The number of hydrogen-bond acceptors (Lipinski definition) is 8. The van der Waals surface area contributed by atoms with Gasteiger partial charge in [-0.15, -0.1) is 0 Å². The Labute approximate surface area is 215 Å². The first-order valence-corrected chi connectivity index (χ1v) is 14.5. The summed E-state index contributed by atoms with van der Waals surface area (Å²) in [6.45, 7) is 2.34. The molecule has 4 atom stereocenters. The predicted octanol–water partition coefficient (Wildman–Crippen LogP) is 0.810. The van der Waals surface area contributed by atoms with E-state index in [-0.39, 0.29) is 53.3 Å². The Hall–Kier alpha value is -2.93. The number of nitrogens with zero attached hydrogens (tertiary/aromatic N) is 5. The number of sulfonamides is 1. The van der Waals surface area contributed by atoms with Crippen LogP contribution < -0.4 is 15.7 Å². The fraction of sp³-hybridized carbons (Fsp3) is 0.520. The van der Waals surface area contributed by atoms with E-state index in [1.54, 1.807) is 29.2 Å². The summed E-state index contributed by atoms with van der Waals surface area (Å²) in [4.78, 5) is 30.7. The minimum Gasteiger partial charge on any atom is -0.733 e. The van der Waals surface area contributed by atoms with Gasteiger partial charge < -0.3 is 24.8 Å². The van der Waals surface area contributed by atoms with Crippen molar-refractivity contribution in [3.63, 3.8) is 0 Å². The van der Waals surface area contributed by atoms with Crippen LogP contribution in [0.15, 0.2) is 41.2 Å². The zero-order chi connectivity index (χ0) is 26.1. The molecule has 6 rings (SSSR count). The quantitative estimate of drug-likeness (QED) is 0.580. The van der Waals surface area contributed by atoms with E-state index >= 15 is 0 Å². The van der Waals surface area contributed by atoms with E-state index in [0.29, 0.717) is 32.6 Å². The van der Waals surface area contributed by atoms with Crippen LogP contribution >= 0.6 is 0 Å². The average molecular weight is 529 g/mol. The van der Waals surface area contributed by atoms with Gasteiger partial charge >= 0.3 is 0 Å². The third-order valence-electron chi connectivity index (χ3n) is 8.55. The Balaban J connectivity index is 1.37. The van der Waals surface area contributed by atoms with Gasteiger partial charge in [0.2, 0.25) is 15.9 Å². The van der Waals surface area contributed by atoms with Crippen molar-refractivity contribution in [2.75, 3.05) is 49.1 Å². The summed E-state index contributed by atoms with van der Waals surface area (Å²) in [5.74, 6) is -0.234. The van der Waals surface area contributed by atoms with Gasteiger partial charge in [-0.05, 0) is 48.6 Å². The molecule has 1 amide bonds. The molecular weight excluding hydrogens is 498 g/mol. The second-order valence-electron chi connectivity index (χ2n) is 10.6. The lowest BCUT2D eigenvalue weighted by Gasteiger charge is -2.55. The molecule has 2 unspecified atom stereocenters. The molecule has 0 saturated carbocycles. The SMILES string of the molecule is CS(=O)(=O)N1CCN(C(=O)[C@@H]2Cc3cc(N([O-])O)ccc3N3CC4CC(Cn5c4cccc5=O)[C@@H]23)CC1. The van der Waals surface area contributed by atoms with Crippen LogP contribution in [0.4, 0.5) is 11.4 Å². The molecule has 1 aromatic carbocycles. The zero-order valence-corrected chi connectivity index (χ0v) is 21.4. The van der Waals surface area contributed by atoms with Gasteiger partial charge in [-0.1, -0.05) is 6.07 Å². The highest BCUT2D eigenvalue weighted by molar-refractivity contribution is 7.88. The summed E-state index contributed by atoms with van der Waals surface area (Å²) in [7, 11) is -3.32. The second kappa shape index (κ2) is 8.83. The molecular formula is C25H30N5O6S-. The van der Waals surface area contributed by atoms with E-state index in [9.17, 15) is 28.4 Å². The Morgan fingerprint density at radius 2 is 1.86 bits per heavy atom. The molecule has 0 radical (unpaired) electrons. The largest absolute Gasteiger partial charge is 0.733 e. The van der Waals surface area contributed by atoms with Gasteiger partial charge in [-0.2, -0.15) is 4.31 Å². The normalized spacial score (nSPS) is 27.2. The molecule has 1 aromatic heterocycles. The van der Waals surface area contributed by atoms with Crippen molar-refractivity contribution >= 4 is 27.3 Å². The van der Waals surface area contributed by atoms with Gasteiger partial charge in [0.05, 0.1) is 17.9 Å². The third-order valence-corrected chi connectivity index (χ3v) is 9.85. The lowest BCUT2D eigenvalue weighted by Crippen LogP contribution is -2.62. The van der Waals surface area contributed by atoms with Crippen molar-refractivity contribution in [3.05, 3.63) is 63.2 Å². The molecule has 2 aromatic rings. The molecule has 0 aliphatic carbocycles. The molecule has 12 heteroatoms. The lowest BCUT2D eigenvalue weighted by atomic mass is 9.69.